The molecule has 0 radical (unpaired) electrons. The van der Waals surface area contributed by atoms with Gasteiger partial charge in [-0.3, -0.25) is 38.4 Å². The molecular formula is C43H73N9O22. The quantitative estimate of drug-likeness (QED) is 0.0287. The Morgan fingerprint density at radius 2 is 1.11 bits per heavy atom. The van der Waals surface area contributed by atoms with Gasteiger partial charge in [0.1, 0.15) is 91.1 Å². The first-order valence-corrected chi connectivity index (χ1v) is 23.7. The van der Waals surface area contributed by atoms with Gasteiger partial charge in [0.25, 0.3) is 0 Å². The van der Waals surface area contributed by atoms with E-state index in [4.69, 9.17) is 30.4 Å². The Morgan fingerprint density at radius 3 is 1.62 bits per heavy atom. The molecule has 2 fully saturated rings. The van der Waals surface area contributed by atoms with Crippen LogP contribution in [0.25, 0.3) is 0 Å². The number of aliphatic carboxylic acids is 3. The van der Waals surface area contributed by atoms with Gasteiger partial charge in [-0.25, -0.2) is 9.59 Å². The van der Waals surface area contributed by atoms with Gasteiger partial charge in [0.05, 0.1) is 13.2 Å². The van der Waals surface area contributed by atoms with Gasteiger partial charge in [-0.1, -0.05) is 0 Å². The van der Waals surface area contributed by atoms with Gasteiger partial charge < -0.3 is 108 Å². The smallest absolute Gasteiger partial charge is 0.326 e. The number of carboxylic acid groups (broad SMARTS) is 3. The van der Waals surface area contributed by atoms with E-state index >= 15 is 0 Å². The first-order valence-electron chi connectivity index (χ1n) is 23.7. The molecule has 0 saturated carbocycles. The lowest BCUT2D eigenvalue weighted by molar-refractivity contribution is -0.333. The van der Waals surface area contributed by atoms with Gasteiger partial charge in [0.2, 0.25) is 41.4 Å². The summed E-state index contributed by atoms with van der Waals surface area (Å²) in [4.78, 5) is 126. The molecule has 31 nitrogen and oxygen atoms in total. The molecule has 17 atom stereocenters. The summed E-state index contributed by atoms with van der Waals surface area (Å²) in [7, 11) is 0. The number of nitrogens with one attached hydrogen (secondary N) is 7. The third kappa shape index (κ3) is 20.2. The highest BCUT2D eigenvalue weighted by atomic mass is 16.7. The zero-order valence-electron chi connectivity index (χ0n) is 41.5. The molecule has 2 aliphatic heterocycles. The van der Waals surface area contributed by atoms with Gasteiger partial charge >= 0.3 is 17.9 Å². The number of carbonyl (C=O) groups excluding carboxylic acids is 7. The summed E-state index contributed by atoms with van der Waals surface area (Å²) < 4.78 is 23.2. The Balaban J connectivity index is 2.21. The van der Waals surface area contributed by atoms with Gasteiger partial charge in [0.15, 0.2) is 12.6 Å². The van der Waals surface area contributed by atoms with Gasteiger partial charge in [-0.05, 0) is 72.3 Å². The predicted molar refractivity (Wildman–Crippen MR) is 248 cm³/mol. The number of aliphatic hydroxyl groups is 5. The van der Waals surface area contributed by atoms with Gasteiger partial charge in [-0.2, -0.15) is 0 Å². The SMILES string of the molecule is CC(=O)NC1C(OC2C(CO)OC(O)C(NC(C)=O)C2OC(C)C(=O)NC(C)C(=O)NC(CCC(=O)NC(CCCC(N)C(=O)O)C(=O)NC(C)C(=O)NC(CCCCN)C(=O)O)C(=O)O)OC(CO)C(O)C1O. The van der Waals surface area contributed by atoms with Crippen LogP contribution in [0, 0.1) is 0 Å². The zero-order valence-corrected chi connectivity index (χ0v) is 41.5. The van der Waals surface area contributed by atoms with Crippen molar-refractivity contribution >= 4 is 59.3 Å². The lowest BCUT2D eigenvalue weighted by atomic mass is 9.94. The molecule has 0 spiro atoms. The maximum Gasteiger partial charge on any atom is 0.326 e. The second-order valence-electron chi connectivity index (χ2n) is 17.8. The lowest BCUT2D eigenvalue weighted by Crippen LogP contribution is -2.70. The number of aliphatic hydroxyl groups excluding tert-OH is 5. The molecule has 2 saturated heterocycles. The summed E-state index contributed by atoms with van der Waals surface area (Å²) in [5, 5.41) is 97.2. The Kier molecular flexibility index (Phi) is 27.2. The van der Waals surface area contributed by atoms with Crippen molar-refractivity contribution in [3.05, 3.63) is 0 Å². The summed E-state index contributed by atoms with van der Waals surface area (Å²) in [5.41, 5.74) is 11.0. The van der Waals surface area contributed by atoms with E-state index in [1.54, 1.807) is 0 Å². The first kappa shape index (κ1) is 64.4. The number of hydrogen-bond donors (Lipinski definition) is 17. The number of ether oxygens (including phenoxy) is 4. The second kappa shape index (κ2) is 31.2. The van der Waals surface area contributed by atoms with Crippen LogP contribution in [0.2, 0.25) is 0 Å². The topological polar surface area (TPSA) is 506 Å². The fraction of sp³-hybridized carbons (Fsp3) is 0.767. The molecule has 17 unspecified atom stereocenters. The largest absolute Gasteiger partial charge is 0.480 e. The van der Waals surface area contributed by atoms with Crippen LogP contribution < -0.4 is 48.7 Å². The van der Waals surface area contributed by atoms with Gasteiger partial charge in [0, 0.05) is 20.3 Å². The van der Waals surface area contributed by atoms with Crippen molar-refractivity contribution in [2.45, 2.75) is 190 Å². The average molecular weight is 1070 g/mol. The van der Waals surface area contributed by atoms with E-state index in [9.17, 15) is 88.8 Å². The fourth-order valence-electron chi connectivity index (χ4n) is 7.67. The molecular weight excluding hydrogens is 995 g/mol. The van der Waals surface area contributed by atoms with E-state index in [-0.39, 0.29) is 25.7 Å². The zero-order chi connectivity index (χ0) is 56.1. The van der Waals surface area contributed by atoms with Crippen LogP contribution in [0.1, 0.15) is 86.0 Å². The summed E-state index contributed by atoms with van der Waals surface area (Å²) in [6, 6.07) is -11.8. The van der Waals surface area contributed by atoms with Crippen molar-refractivity contribution in [3.63, 3.8) is 0 Å². The highest BCUT2D eigenvalue weighted by molar-refractivity contribution is 5.94. The van der Waals surface area contributed by atoms with Crippen molar-refractivity contribution in [2.75, 3.05) is 19.8 Å². The Bertz CT molecular complexity index is 1940. The minimum atomic E-state index is -1.92. The van der Waals surface area contributed by atoms with Crippen molar-refractivity contribution in [1.29, 1.82) is 0 Å². The first-order chi connectivity index (χ1) is 34.7. The molecule has 19 N–H and O–H groups in total. The van der Waals surface area contributed by atoms with Crippen molar-refractivity contribution in [1.82, 2.24) is 37.2 Å². The third-order valence-corrected chi connectivity index (χ3v) is 11.8. The highest BCUT2D eigenvalue weighted by Crippen LogP contribution is 2.31. The van der Waals surface area contributed by atoms with Crippen LogP contribution in [0.3, 0.4) is 0 Å². The number of nitrogens with two attached hydrogens (primary N) is 2. The molecule has 422 valence electrons. The van der Waals surface area contributed by atoms with Gasteiger partial charge in [-0.15, -0.1) is 0 Å². The number of amides is 7. The van der Waals surface area contributed by atoms with E-state index < -0.39 is 189 Å². The molecule has 7 amide bonds. The lowest BCUT2D eigenvalue weighted by Gasteiger charge is -2.48. The molecule has 31 heteroatoms. The normalized spacial score (nSPS) is 26.5. The van der Waals surface area contributed by atoms with E-state index in [2.05, 4.69) is 37.2 Å². The number of carboxylic acids is 3. The van der Waals surface area contributed by atoms with Crippen LogP contribution in [0.15, 0.2) is 0 Å². The minimum Gasteiger partial charge on any atom is -0.480 e. The van der Waals surface area contributed by atoms with E-state index in [0.29, 0.717) is 19.4 Å². The number of carbonyl (C=O) groups is 10. The third-order valence-electron chi connectivity index (χ3n) is 11.8. The summed E-state index contributed by atoms with van der Waals surface area (Å²) in [5.74, 6) is -10.6. The van der Waals surface area contributed by atoms with E-state index in [1.165, 1.54) is 13.8 Å². The molecule has 2 heterocycles. The predicted octanol–water partition coefficient (Wildman–Crippen LogP) is -7.57. The molecule has 2 rings (SSSR count). The Hall–Kier alpha value is -5.74. The van der Waals surface area contributed by atoms with Crippen LogP contribution >= 0.6 is 0 Å². The van der Waals surface area contributed by atoms with Crippen molar-refractivity contribution in [2.24, 2.45) is 11.5 Å². The van der Waals surface area contributed by atoms with Crippen LogP contribution in [0.5, 0.6) is 0 Å². The summed E-state index contributed by atoms with van der Waals surface area (Å²) >= 11 is 0. The minimum absolute atomic E-state index is 0.0292. The average Bonchev–Trinajstić information content (AvgIpc) is 3.32. The molecule has 0 aromatic carbocycles. The molecule has 0 aromatic rings. The molecule has 0 aliphatic carbocycles. The maximum atomic E-state index is 13.6. The molecule has 74 heavy (non-hydrogen) atoms. The maximum absolute atomic E-state index is 13.6. The number of rotatable bonds is 31. The monoisotopic (exact) mass is 1070 g/mol. The van der Waals surface area contributed by atoms with E-state index in [0.717, 1.165) is 20.8 Å². The van der Waals surface area contributed by atoms with Crippen LogP contribution in [0.4, 0.5) is 0 Å². The molecule has 0 aromatic heterocycles. The standard InChI is InChI=1S/C43H73N9O22/c1-17(46-37(62)19(3)71-34-30(49-21(5)56)42(70)72-27(16-54)33(34)74-43-29(48-20(4)55)32(59)31(58)26(15-53)73-43)35(60)52-25(41(68)69)12-13-28(57)50-23(11-8-9-22(45)39(64)65)38(63)47-18(2)36(61)51-24(40(66)67)10-6-7-14-44/h17-19,22-27,29-34,42-43,53-54,58-59,70H,6-16,44-45H2,1-5H3,(H,46,62)(H,47,63)(H,48,55)(H,49,56)(H,50,57)(H,51,61)(H,52,60)(H,64,65)(H,66,67)(H,68,69). The summed E-state index contributed by atoms with van der Waals surface area (Å²) in [6.45, 7) is 4.25. The van der Waals surface area contributed by atoms with E-state index in [1.807, 2.05) is 0 Å². The Morgan fingerprint density at radius 1 is 0.581 bits per heavy atom. The number of unbranched alkanes of at least 4 members (excludes halogenated alkanes) is 1. The molecule has 2 aliphatic rings. The Labute approximate surface area is 424 Å². The van der Waals surface area contributed by atoms with Crippen molar-refractivity contribution in [3.8, 4) is 0 Å². The highest BCUT2D eigenvalue weighted by Gasteiger charge is 2.53. The fourth-order valence-corrected chi connectivity index (χ4v) is 7.67. The summed E-state index contributed by atoms with van der Waals surface area (Å²) in [6.07, 6.45) is -15.8. The van der Waals surface area contributed by atoms with Crippen molar-refractivity contribution < 1.29 is 108 Å². The van der Waals surface area contributed by atoms with Crippen LogP contribution in [-0.4, -0.2) is 224 Å². The second-order valence-corrected chi connectivity index (χ2v) is 17.8. The molecule has 0 bridgehead atoms. The number of hydrogen-bond acceptors (Lipinski definition) is 21. The van der Waals surface area contributed by atoms with Crippen LogP contribution in [-0.2, 0) is 66.9 Å².